The number of piperazine rings is 1. The van der Waals surface area contributed by atoms with Crippen LogP contribution in [0.25, 0.3) is 0 Å². The van der Waals surface area contributed by atoms with Gasteiger partial charge in [-0.15, -0.1) is 0 Å². The van der Waals surface area contributed by atoms with E-state index >= 15 is 0 Å². The highest BCUT2D eigenvalue weighted by Crippen LogP contribution is 2.04. The molecule has 2 amide bonds. The van der Waals surface area contributed by atoms with Crippen LogP contribution in [0.5, 0.6) is 0 Å². The van der Waals surface area contributed by atoms with Crippen LogP contribution in [0.1, 0.15) is 20.8 Å². The number of nitrogens with zero attached hydrogens (tertiary/aromatic N) is 2. The summed E-state index contributed by atoms with van der Waals surface area (Å²) in [5.41, 5.74) is -0.0804. The third kappa shape index (κ3) is 4.62. The molecule has 1 unspecified atom stereocenters. The van der Waals surface area contributed by atoms with Gasteiger partial charge in [0.15, 0.2) is 0 Å². The van der Waals surface area contributed by atoms with E-state index in [2.05, 4.69) is 5.32 Å². The molecule has 0 saturated carbocycles. The summed E-state index contributed by atoms with van der Waals surface area (Å²) >= 11 is 0. The molecule has 1 atom stereocenters. The molecule has 1 saturated heterocycles. The van der Waals surface area contributed by atoms with E-state index in [1.807, 2.05) is 20.8 Å². The number of rotatable bonds is 4. The highest BCUT2D eigenvalue weighted by atomic mass is 16.3. The van der Waals surface area contributed by atoms with Crippen molar-refractivity contribution >= 4 is 11.8 Å². The van der Waals surface area contributed by atoms with Crippen LogP contribution in [0, 0.1) is 0 Å². The highest BCUT2D eigenvalue weighted by molar-refractivity contribution is 5.92. The topological polar surface area (TPSA) is 72.9 Å². The van der Waals surface area contributed by atoms with Crippen LogP contribution in [0.3, 0.4) is 0 Å². The third-order valence-electron chi connectivity index (χ3n) is 2.78. The van der Waals surface area contributed by atoms with Crippen molar-refractivity contribution < 1.29 is 14.7 Å². The fourth-order valence-electron chi connectivity index (χ4n) is 1.67. The van der Waals surface area contributed by atoms with Gasteiger partial charge in [0.05, 0.1) is 19.2 Å². The summed E-state index contributed by atoms with van der Waals surface area (Å²) in [6.07, 6.45) is -0.663. The third-order valence-corrected chi connectivity index (χ3v) is 2.78. The number of amides is 2. The van der Waals surface area contributed by atoms with Crippen molar-refractivity contribution in [2.75, 3.05) is 33.2 Å². The van der Waals surface area contributed by atoms with Crippen LogP contribution < -0.4 is 5.32 Å². The van der Waals surface area contributed by atoms with E-state index in [4.69, 9.17) is 0 Å². The first-order chi connectivity index (χ1) is 8.19. The predicted octanol–water partition coefficient (Wildman–Crippen LogP) is -0.964. The van der Waals surface area contributed by atoms with Crippen molar-refractivity contribution in [3.63, 3.8) is 0 Å². The van der Waals surface area contributed by atoms with Crippen LogP contribution >= 0.6 is 0 Å². The normalized spacial score (nSPS) is 19.4. The molecule has 0 radical (unpaired) electrons. The largest absolute Gasteiger partial charge is 0.390 e. The maximum Gasteiger partial charge on any atom is 0.242 e. The zero-order chi connectivity index (χ0) is 13.9. The van der Waals surface area contributed by atoms with Gasteiger partial charge in [-0.2, -0.15) is 0 Å². The second kappa shape index (κ2) is 5.67. The molecule has 0 bridgehead atoms. The van der Waals surface area contributed by atoms with Gasteiger partial charge < -0.3 is 20.2 Å². The summed E-state index contributed by atoms with van der Waals surface area (Å²) in [7, 11) is 1.61. The zero-order valence-electron chi connectivity index (χ0n) is 11.6. The minimum Gasteiger partial charge on any atom is -0.390 e. The Hall–Kier alpha value is -1.14. The maximum atomic E-state index is 11.7. The fourth-order valence-corrected chi connectivity index (χ4v) is 1.67. The molecule has 1 aliphatic rings. The molecular formula is C12H23N3O3. The number of aliphatic hydroxyl groups is 1. The standard InChI is InChI=1S/C12H23N3O3/c1-12(2,3)13-5-9(16)6-15-8-10(17)14(4)7-11(15)18/h9,13,16H,5-8H2,1-4H3. The van der Waals surface area contributed by atoms with Gasteiger partial charge in [0.25, 0.3) is 0 Å². The molecule has 1 fully saturated rings. The Morgan fingerprint density at radius 2 is 1.89 bits per heavy atom. The maximum absolute atomic E-state index is 11.7. The Balaban J connectivity index is 2.42. The molecule has 0 aromatic carbocycles. The van der Waals surface area contributed by atoms with Crippen LogP contribution in [0.2, 0.25) is 0 Å². The second-order valence-electron chi connectivity index (χ2n) is 5.81. The van der Waals surface area contributed by atoms with Gasteiger partial charge in [0.1, 0.15) is 0 Å². The van der Waals surface area contributed by atoms with Gasteiger partial charge in [0.2, 0.25) is 11.8 Å². The summed E-state index contributed by atoms with van der Waals surface area (Å²) in [4.78, 5) is 26.0. The number of carbonyl (C=O) groups excluding carboxylic acids is 2. The van der Waals surface area contributed by atoms with Gasteiger partial charge in [-0.3, -0.25) is 9.59 Å². The Morgan fingerprint density at radius 3 is 2.44 bits per heavy atom. The molecule has 18 heavy (non-hydrogen) atoms. The zero-order valence-corrected chi connectivity index (χ0v) is 11.6. The van der Waals surface area contributed by atoms with Crippen molar-refractivity contribution in [3.8, 4) is 0 Å². The molecule has 6 heteroatoms. The van der Waals surface area contributed by atoms with Crippen molar-refractivity contribution in [2.45, 2.75) is 32.4 Å². The number of carbonyl (C=O) groups is 2. The van der Waals surface area contributed by atoms with Crippen molar-refractivity contribution in [2.24, 2.45) is 0 Å². The predicted molar refractivity (Wildman–Crippen MR) is 68.0 cm³/mol. The average molecular weight is 257 g/mol. The lowest BCUT2D eigenvalue weighted by molar-refractivity contribution is -0.149. The molecule has 0 spiro atoms. The van der Waals surface area contributed by atoms with E-state index in [0.717, 1.165) is 0 Å². The minimum atomic E-state index is -0.663. The summed E-state index contributed by atoms with van der Waals surface area (Å²) in [5, 5.41) is 13.0. The van der Waals surface area contributed by atoms with Crippen LogP contribution in [0.4, 0.5) is 0 Å². The lowest BCUT2D eigenvalue weighted by Crippen LogP contribution is -2.55. The monoisotopic (exact) mass is 257 g/mol. The molecule has 6 nitrogen and oxygen atoms in total. The minimum absolute atomic E-state index is 0.0575. The van der Waals surface area contributed by atoms with Gasteiger partial charge in [-0.1, -0.05) is 0 Å². The van der Waals surface area contributed by atoms with Gasteiger partial charge in [-0.25, -0.2) is 0 Å². The first-order valence-electron chi connectivity index (χ1n) is 6.14. The Morgan fingerprint density at radius 1 is 1.28 bits per heavy atom. The summed E-state index contributed by atoms with van der Waals surface area (Å²) in [5.74, 6) is -0.211. The van der Waals surface area contributed by atoms with Crippen molar-refractivity contribution in [1.82, 2.24) is 15.1 Å². The fraction of sp³-hybridized carbons (Fsp3) is 0.833. The van der Waals surface area contributed by atoms with Gasteiger partial charge >= 0.3 is 0 Å². The lowest BCUT2D eigenvalue weighted by atomic mass is 10.1. The lowest BCUT2D eigenvalue weighted by Gasteiger charge is -2.33. The summed E-state index contributed by atoms with van der Waals surface area (Å²) < 4.78 is 0. The van der Waals surface area contributed by atoms with Crippen LogP contribution in [-0.4, -0.2) is 71.6 Å². The van der Waals surface area contributed by atoms with E-state index in [1.165, 1.54) is 9.80 Å². The number of β-amino-alcohol motifs (C(OH)–C–C–N with tert-alkyl or cyclic N) is 1. The van der Waals surface area contributed by atoms with E-state index in [1.54, 1.807) is 7.05 Å². The molecule has 1 rings (SSSR count). The summed E-state index contributed by atoms with van der Waals surface area (Å²) in [6.45, 7) is 6.76. The molecule has 2 N–H and O–H groups in total. The molecule has 0 aromatic rings. The number of aliphatic hydroxyl groups excluding tert-OH is 1. The first-order valence-corrected chi connectivity index (χ1v) is 6.14. The molecule has 0 aromatic heterocycles. The second-order valence-corrected chi connectivity index (χ2v) is 5.81. The quantitative estimate of drug-likeness (QED) is 0.680. The number of likely N-dealkylation sites (N-methyl/N-ethyl adjacent to an activating group) is 1. The summed E-state index contributed by atoms with van der Waals surface area (Å²) in [6, 6.07) is 0. The number of hydrogen-bond donors (Lipinski definition) is 2. The van der Waals surface area contributed by atoms with E-state index < -0.39 is 6.10 Å². The Bertz CT molecular complexity index is 325. The number of nitrogens with one attached hydrogen (secondary N) is 1. The highest BCUT2D eigenvalue weighted by Gasteiger charge is 2.28. The van der Waals surface area contributed by atoms with Crippen molar-refractivity contribution in [3.05, 3.63) is 0 Å². The molecule has 104 valence electrons. The van der Waals surface area contributed by atoms with Crippen LogP contribution in [0.15, 0.2) is 0 Å². The Kier molecular flexibility index (Phi) is 4.70. The number of hydrogen-bond acceptors (Lipinski definition) is 4. The average Bonchev–Trinajstić information content (AvgIpc) is 2.22. The molecule has 1 heterocycles. The SMILES string of the molecule is CN1CC(=O)N(CC(O)CNC(C)(C)C)CC1=O. The smallest absolute Gasteiger partial charge is 0.242 e. The van der Waals surface area contributed by atoms with E-state index in [-0.39, 0.29) is 37.0 Å². The van der Waals surface area contributed by atoms with Crippen LogP contribution in [-0.2, 0) is 9.59 Å². The molecule has 1 aliphatic heterocycles. The Labute approximate surface area is 108 Å². The van der Waals surface area contributed by atoms with E-state index in [0.29, 0.717) is 6.54 Å². The molecular weight excluding hydrogens is 234 g/mol. The first kappa shape index (κ1) is 14.9. The van der Waals surface area contributed by atoms with Gasteiger partial charge in [0, 0.05) is 25.7 Å². The molecule has 0 aliphatic carbocycles. The van der Waals surface area contributed by atoms with Crippen molar-refractivity contribution in [1.29, 1.82) is 0 Å². The van der Waals surface area contributed by atoms with E-state index in [9.17, 15) is 14.7 Å². The van der Waals surface area contributed by atoms with Gasteiger partial charge in [-0.05, 0) is 20.8 Å².